The Hall–Kier alpha value is -1.82. The number of hydrogen-bond donors (Lipinski definition) is 0. The summed E-state index contributed by atoms with van der Waals surface area (Å²) in [4.78, 5) is 2.79. The van der Waals surface area contributed by atoms with E-state index in [2.05, 4.69) is 93.5 Å². The molecule has 350 valence electrons. The molecule has 0 aliphatic carbocycles. The van der Waals surface area contributed by atoms with Crippen LogP contribution in [0.5, 0.6) is 0 Å². The molecule has 0 N–H and O–H groups in total. The molecule has 0 spiro atoms. The monoisotopic (exact) mass is 929 g/mol. The fourth-order valence-electron chi connectivity index (χ4n) is 9.33. The Morgan fingerprint density at radius 3 is 0.918 bits per heavy atom. The summed E-state index contributed by atoms with van der Waals surface area (Å²) in [6.45, 7) is 23.1. The zero-order chi connectivity index (χ0) is 44.7. The van der Waals surface area contributed by atoms with Crippen molar-refractivity contribution in [2.75, 3.05) is 0 Å². The van der Waals surface area contributed by atoms with Gasteiger partial charge < -0.3 is 5.53 Å². The summed E-state index contributed by atoms with van der Waals surface area (Å²) in [6.07, 6.45) is 36.4. The average molecular weight is 930 g/mol. The molecule has 0 amide bonds. The van der Waals surface area contributed by atoms with Crippen LogP contribution in [0.1, 0.15) is 268 Å². The first-order valence-corrected chi connectivity index (χ1v) is 28.8. The maximum atomic E-state index is 13.0. The number of aryl methyl sites for hydroxylation is 4. The zero-order valence-corrected chi connectivity index (χ0v) is 43.7. The van der Waals surface area contributed by atoms with Crippen molar-refractivity contribution >= 4 is 11.4 Å². The van der Waals surface area contributed by atoms with Gasteiger partial charge in [-0.2, -0.15) is 0 Å². The molecule has 3 heteroatoms. The first-order valence-electron chi connectivity index (χ1n) is 26.6. The third-order valence-corrected chi connectivity index (χ3v) is 14.5. The van der Waals surface area contributed by atoms with Gasteiger partial charge in [0, 0.05) is 22.3 Å². The third kappa shape index (κ3) is 19.1. The van der Waals surface area contributed by atoms with Gasteiger partial charge in [-0.3, -0.25) is 0 Å². The molecule has 1 aliphatic rings. The van der Waals surface area contributed by atoms with Gasteiger partial charge in [0.25, 0.3) is 0 Å². The van der Waals surface area contributed by atoms with Gasteiger partial charge in [0.2, 0.25) is 11.4 Å². The Balaban J connectivity index is 0.00000241. The molecule has 0 saturated heterocycles. The van der Waals surface area contributed by atoms with Crippen LogP contribution in [-0.4, -0.2) is 4.70 Å². The van der Waals surface area contributed by atoms with Crippen molar-refractivity contribution < 1.29 is 22.7 Å². The van der Waals surface area contributed by atoms with Crippen molar-refractivity contribution in [2.45, 2.75) is 272 Å². The summed E-state index contributed by atoms with van der Waals surface area (Å²) in [6, 6.07) is 10.2. The number of allylic oxidation sites excluding steroid dienone is 2. The van der Waals surface area contributed by atoms with Crippen LogP contribution >= 0.6 is 0 Å². The van der Waals surface area contributed by atoms with Crippen LogP contribution in [0.4, 0.5) is 0 Å². The molecule has 3 rings (SSSR count). The molecule has 0 radical (unpaired) electrons. The van der Waals surface area contributed by atoms with E-state index in [1.54, 1.807) is 38.1 Å². The van der Waals surface area contributed by atoms with Crippen molar-refractivity contribution in [2.24, 2.45) is 0 Å². The van der Waals surface area contributed by atoms with Crippen LogP contribution in [0.3, 0.4) is 0 Å². The van der Waals surface area contributed by atoms with Crippen molar-refractivity contribution in [3.8, 4) is 0 Å². The van der Waals surface area contributed by atoms with Gasteiger partial charge in [0.1, 0.15) is 0 Å². The van der Waals surface area contributed by atoms with Gasteiger partial charge in [-0.05, 0) is 160 Å². The second-order valence-electron chi connectivity index (χ2n) is 18.1. The van der Waals surface area contributed by atoms with Crippen LogP contribution in [0.15, 0.2) is 35.4 Å². The normalized spacial score (nSPS) is 12.9. The third-order valence-electron chi connectivity index (χ3n) is 12.9. The second kappa shape index (κ2) is 34.6. The Labute approximate surface area is 389 Å². The average Bonchev–Trinajstić information content (AvgIpc) is 3.54. The predicted molar refractivity (Wildman–Crippen MR) is 270 cm³/mol. The minimum absolute atomic E-state index is 1.04. The Morgan fingerprint density at radius 2 is 0.623 bits per heavy atom. The number of unbranched alkanes of at least 4 members (excludes halogenated alkanes) is 14. The molecule has 1 aliphatic heterocycles. The van der Waals surface area contributed by atoms with Gasteiger partial charge in [-0.1, -0.05) is 145 Å². The van der Waals surface area contributed by atoms with Crippen molar-refractivity contribution in [1.82, 2.24) is 0 Å². The van der Waals surface area contributed by atoms with Gasteiger partial charge in [-0.25, -0.2) is 4.70 Å². The molecule has 0 atom stereocenters. The number of benzene rings is 2. The summed E-state index contributed by atoms with van der Waals surface area (Å²) < 4.78 is 1.74. The van der Waals surface area contributed by atoms with E-state index in [4.69, 9.17) is 0 Å². The van der Waals surface area contributed by atoms with Gasteiger partial charge >= 0.3 is 41.6 Å². The van der Waals surface area contributed by atoms with Crippen LogP contribution < -0.4 is 0 Å². The number of rotatable bonds is 34. The van der Waals surface area contributed by atoms with E-state index in [0.29, 0.717) is 0 Å². The van der Waals surface area contributed by atoms with E-state index in [-0.39, 0.29) is 0 Å². The molecular weight excluding hydrogens is 831 g/mol. The van der Waals surface area contributed by atoms with Crippen LogP contribution in [0.25, 0.3) is 16.9 Å². The molecule has 0 saturated carbocycles. The summed E-state index contributed by atoms with van der Waals surface area (Å²) in [5, 5.41) is 0. The molecular formula is C58H98N2Pd. The van der Waals surface area contributed by atoms with E-state index >= 15 is 0 Å². The molecule has 0 bridgehead atoms. The van der Waals surface area contributed by atoms with Crippen molar-refractivity contribution in [1.29, 1.82) is 0 Å². The molecule has 0 aromatic heterocycles. The summed E-state index contributed by atoms with van der Waals surface area (Å²) in [5.41, 5.74) is 30.0. The maximum absolute atomic E-state index is 13.0. The topological polar surface area (TPSA) is 25.3 Å². The molecule has 0 fully saturated rings. The summed E-state index contributed by atoms with van der Waals surface area (Å²) in [5.74, 6) is 0. The molecule has 2 aromatic rings. The Morgan fingerprint density at radius 1 is 0.344 bits per heavy atom. The Bertz CT molecular complexity index is 1500. The first-order chi connectivity index (χ1) is 29.8. The van der Waals surface area contributed by atoms with E-state index in [1.807, 2.05) is 0 Å². The quantitative estimate of drug-likeness (QED) is 0.0380. The van der Waals surface area contributed by atoms with Crippen molar-refractivity contribution in [3.05, 3.63) is 85.5 Å². The second-order valence-corrected chi connectivity index (χ2v) is 21.0. The van der Waals surface area contributed by atoms with Gasteiger partial charge in [0.15, 0.2) is 0 Å². The number of nitrogens with zero attached hydrogens (tertiary/aromatic N) is 2. The van der Waals surface area contributed by atoms with E-state index in [0.717, 1.165) is 67.9 Å². The fraction of sp³-hybridized carbons (Fsp3) is 0.724. The van der Waals surface area contributed by atoms with Crippen LogP contribution in [0, 0.1) is 0 Å². The Kier molecular flexibility index (Phi) is 31.3. The minimum atomic E-state index is 1.04. The molecule has 61 heavy (non-hydrogen) atoms. The van der Waals surface area contributed by atoms with E-state index in [1.165, 1.54) is 186 Å². The summed E-state index contributed by atoms with van der Waals surface area (Å²) in [7, 11) is 0. The SMILES string of the molecule is CCCCCCCCC1=C(c2cc(CCCC)c(CCCC)c(CCCC)c2)[N+](=[N-])C(c2cc(CCCC)c(CCCC)c(CCCC)c2)=C1CCCCCC.C[CH2][Pd][CH2]C. The molecule has 2 nitrogen and oxygen atoms in total. The van der Waals surface area contributed by atoms with Crippen molar-refractivity contribution in [3.63, 3.8) is 0 Å². The first kappa shape index (κ1) is 55.3. The number of hydrogen-bond acceptors (Lipinski definition) is 0. The van der Waals surface area contributed by atoms with Crippen LogP contribution in [-0.2, 0) is 56.5 Å². The van der Waals surface area contributed by atoms with Gasteiger partial charge in [0.05, 0.1) is 0 Å². The van der Waals surface area contributed by atoms with E-state index in [9.17, 15) is 5.53 Å². The summed E-state index contributed by atoms with van der Waals surface area (Å²) >= 11 is 1.04. The predicted octanol–water partition coefficient (Wildman–Crippen LogP) is 19.6. The molecule has 0 unspecified atom stereocenters. The standard InChI is InChI=1S/C54H88N2.2C2H5.Pd/c1-9-17-25-27-28-30-38-52-51(37-29-26-18-10-2)53(47-39-43(31-19-11-3)49(35-23-15-7)44(40-47)32-20-12-4)56(55)54(52)48-41-45(33-21-13-5)50(36-24-16-8)46(42-48)34-22-14-6;2*1-2;/h39-42H,9-38H2,1-8H3;2*1H2,2H3;. The van der Waals surface area contributed by atoms with E-state index < -0.39 is 0 Å². The molecule has 1 heterocycles. The zero-order valence-electron chi connectivity index (χ0n) is 42.1. The van der Waals surface area contributed by atoms with Crippen LogP contribution in [0.2, 0.25) is 9.79 Å². The fourth-order valence-corrected chi connectivity index (χ4v) is 10.1. The van der Waals surface area contributed by atoms with Gasteiger partial charge in [-0.15, -0.1) is 0 Å². The molecule has 2 aromatic carbocycles.